The van der Waals surface area contributed by atoms with Gasteiger partial charge >= 0.3 is 5.97 Å². The van der Waals surface area contributed by atoms with Gasteiger partial charge in [-0.3, -0.25) is 9.36 Å². The summed E-state index contributed by atoms with van der Waals surface area (Å²) in [5, 5.41) is 13.3. The third-order valence-corrected chi connectivity index (χ3v) is 7.16. The van der Waals surface area contributed by atoms with E-state index in [-0.39, 0.29) is 34.4 Å². The molecular formula is C22H20ClFN8O2. The Hall–Kier alpha value is -3.60. The molecule has 0 amide bonds. The molecule has 12 heteroatoms. The second-order valence-corrected chi connectivity index (χ2v) is 9.19. The van der Waals surface area contributed by atoms with E-state index in [0.717, 1.165) is 25.7 Å². The number of aromatic nitrogens is 7. The van der Waals surface area contributed by atoms with Crippen LogP contribution in [0.3, 0.4) is 0 Å². The maximum absolute atomic E-state index is 15.7. The zero-order valence-electron chi connectivity index (χ0n) is 17.8. The van der Waals surface area contributed by atoms with Crippen molar-refractivity contribution in [1.29, 1.82) is 0 Å². The van der Waals surface area contributed by atoms with Crippen molar-refractivity contribution in [2.75, 3.05) is 5.32 Å². The van der Waals surface area contributed by atoms with Crippen molar-refractivity contribution in [2.24, 2.45) is 17.8 Å². The molecular weight excluding hydrogens is 463 g/mol. The van der Waals surface area contributed by atoms with Gasteiger partial charge in [-0.25, -0.2) is 24.9 Å². The van der Waals surface area contributed by atoms with Gasteiger partial charge < -0.3 is 15.4 Å². The number of carbonyl (C=O) groups is 1. The summed E-state index contributed by atoms with van der Waals surface area (Å²) in [6, 6.07) is -0.421. The number of H-pyrrole nitrogens is 1. The first kappa shape index (κ1) is 21.0. The molecule has 0 saturated heterocycles. The van der Waals surface area contributed by atoms with Crippen LogP contribution < -0.4 is 5.32 Å². The third kappa shape index (κ3) is 3.38. The molecule has 3 saturated carbocycles. The van der Waals surface area contributed by atoms with E-state index in [0.29, 0.717) is 16.7 Å². The SMILES string of the molecule is O=C(O)[C@H]1C2CCC(CC2)[C@@H]1Nc1nc(-c2c[nH]c3ncc(Cl)nc23)nc(-n2ccnc2)c1F. The summed E-state index contributed by atoms with van der Waals surface area (Å²) in [7, 11) is 0. The number of hydrogen-bond acceptors (Lipinski definition) is 7. The van der Waals surface area contributed by atoms with Gasteiger partial charge in [0.15, 0.2) is 23.1 Å². The number of nitrogens with one attached hydrogen (secondary N) is 2. The molecule has 10 nitrogen and oxygen atoms in total. The topological polar surface area (TPSA) is 134 Å². The predicted octanol–water partition coefficient (Wildman–Crippen LogP) is 3.69. The smallest absolute Gasteiger partial charge is 0.308 e. The highest BCUT2D eigenvalue weighted by Gasteiger charge is 2.47. The molecule has 2 bridgehead atoms. The van der Waals surface area contributed by atoms with Gasteiger partial charge in [-0.15, -0.1) is 0 Å². The number of carboxylic acids is 1. The number of carboxylic acid groups (broad SMARTS) is 1. The summed E-state index contributed by atoms with van der Waals surface area (Å²) >= 11 is 6.05. The van der Waals surface area contributed by atoms with E-state index in [1.807, 2.05) is 0 Å². The Morgan fingerprint density at radius 2 is 2.00 bits per heavy atom. The second kappa shape index (κ2) is 8.01. The van der Waals surface area contributed by atoms with Crippen LogP contribution in [0.5, 0.6) is 0 Å². The Morgan fingerprint density at radius 1 is 1.21 bits per heavy atom. The molecule has 0 aliphatic heterocycles. The summed E-state index contributed by atoms with van der Waals surface area (Å²) in [5.74, 6) is -1.80. The van der Waals surface area contributed by atoms with Gasteiger partial charge in [0.25, 0.3) is 0 Å². The molecule has 3 aliphatic rings. The molecule has 2 atom stereocenters. The van der Waals surface area contributed by atoms with E-state index in [9.17, 15) is 9.90 Å². The average molecular weight is 483 g/mol. The van der Waals surface area contributed by atoms with Crippen LogP contribution in [0.25, 0.3) is 28.4 Å². The second-order valence-electron chi connectivity index (χ2n) is 8.80. The van der Waals surface area contributed by atoms with Crippen LogP contribution in [0.1, 0.15) is 25.7 Å². The largest absolute Gasteiger partial charge is 0.481 e. The molecule has 4 aromatic rings. The van der Waals surface area contributed by atoms with Gasteiger partial charge in [-0.2, -0.15) is 4.39 Å². The summed E-state index contributed by atoms with van der Waals surface area (Å²) in [6.07, 6.45) is 11.2. The molecule has 0 unspecified atom stereocenters. The Kier molecular flexibility index (Phi) is 4.94. The maximum atomic E-state index is 15.7. The molecule has 3 fully saturated rings. The van der Waals surface area contributed by atoms with Crippen molar-refractivity contribution in [3.63, 3.8) is 0 Å². The fraction of sp³-hybridized carbons (Fsp3) is 0.364. The van der Waals surface area contributed by atoms with Crippen LogP contribution in [0.15, 0.2) is 31.1 Å². The van der Waals surface area contributed by atoms with E-state index >= 15 is 4.39 Å². The number of rotatable bonds is 5. The minimum atomic E-state index is -0.863. The van der Waals surface area contributed by atoms with Gasteiger partial charge in [-0.05, 0) is 37.5 Å². The van der Waals surface area contributed by atoms with Gasteiger partial charge in [0.05, 0.1) is 17.7 Å². The minimum Gasteiger partial charge on any atom is -0.481 e. The quantitative estimate of drug-likeness (QED) is 0.392. The van der Waals surface area contributed by atoms with Gasteiger partial charge in [0.1, 0.15) is 17.0 Å². The first-order valence-corrected chi connectivity index (χ1v) is 11.4. The van der Waals surface area contributed by atoms with E-state index in [2.05, 4.69) is 35.2 Å². The van der Waals surface area contributed by atoms with Crippen molar-refractivity contribution in [3.05, 3.63) is 42.1 Å². The van der Waals surface area contributed by atoms with Crippen LogP contribution in [0.2, 0.25) is 5.15 Å². The van der Waals surface area contributed by atoms with Crippen molar-refractivity contribution in [2.45, 2.75) is 31.7 Å². The lowest BCUT2D eigenvalue weighted by molar-refractivity contribution is -0.148. The molecule has 174 valence electrons. The van der Waals surface area contributed by atoms with E-state index in [1.165, 1.54) is 23.3 Å². The molecule has 7 rings (SSSR count). The van der Waals surface area contributed by atoms with Crippen LogP contribution in [0.4, 0.5) is 10.2 Å². The van der Waals surface area contributed by atoms with Crippen LogP contribution in [-0.2, 0) is 4.79 Å². The predicted molar refractivity (Wildman–Crippen MR) is 121 cm³/mol. The van der Waals surface area contributed by atoms with Crippen molar-refractivity contribution >= 4 is 34.6 Å². The fourth-order valence-corrected chi connectivity index (χ4v) is 5.55. The Morgan fingerprint density at radius 3 is 2.74 bits per heavy atom. The molecule has 0 radical (unpaired) electrons. The number of fused-ring (bicyclic) bond motifs is 4. The highest BCUT2D eigenvalue weighted by molar-refractivity contribution is 6.29. The van der Waals surface area contributed by atoms with Crippen LogP contribution >= 0.6 is 11.6 Å². The van der Waals surface area contributed by atoms with Crippen LogP contribution in [0, 0.1) is 23.6 Å². The summed E-state index contributed by atoms with van der Waals surface area (Å²) in [6.45, 7) is 0. The molecule has 34 heavy (non-hydrogen) atoms. The number of anilines is 1. The first-order valence-electron chi connectivity index (χ1n) is 11.0. The Bertz CT molecular complexity index is 1380. The molecule has 0 spiro atoms. The number of imidazole rings is 1. The number of nitrogens with zero attached hydrogens (tertiary/aromatic N) is 6. The lowest BCUT2D eigenvalue weighted by Gasteiger charge is -2.47. The summed E-state index contributed by atoms with van der Waals surface area (Å²) in [4.78, 5) is 36.6. The summed E-state index contributed by atoms with van der Waals surface area (Å²) in [5.41, 5.74) is 1.43. The maximum Gasteiger partial charge on any atom is 0.308 e. The lowest BCUT2D eigenvalue weighted by atomic mass is 9.61. The number of aliphatic carboxylic acids is 1. The number of hydrogen-bond donors (Lipinski definition) is 3. The molecule has 4 heterocycles. The first-order chi connectivity index (χ1) is 16.5. The van der Waals surface area contributed by atoms with Crippen LogP contribution in [-0.4, -0.2) is 51.6 Å². The zero-order chi connectivity index (χ0) is 23.4. The molecule has 4 aromatic heterocycles. The molecule has 0 aromatic carbocycles. The van der Waals surface area contributed by atoms with Gasteiger partial charge in [0, 0.05) is 24.6 Å². The normalized spacial score (nSPS) is 23.9. The van der Waals surface area contributed by atoms with E-state index in [1.54, 1.807) is 12.4 Å². The highest BCUT2D eigenvalue weighted by Crippen LogP contribution is 2.46. The van der Waals surface area contributed by atoms with Gasteiger partial charge in [-0.1, -0.05) is 11.6 Å². The average Bonchev–Trinajstić information content (AvgIpc) is 3.51. The zero-order valence-corrected chi connectivity index (χ0v) is 18.6. The Balaban J connectivity index is 1.49. The standard InChI is InChI=1S/C22H20ClFN8O2/c23-13-8-27-20-17(28-13)12(7-26-20)18-30-19(15(24)21(31-18)32-6-5-25-9-32)29-16-11-3-1-10(2-4-11)14(16)22(33)34/h5-11,14,16H,1-4H2,(H,26,27)(H,33,34)(H,29,30,31)/t10?,11?,14-,16-/m0/s1. The van der Waals surface area contributed by atoms with Crippen molar-refractivity contribution in [3.8, 4) is 17.2 Å². The lowest BCUT2D eigenvalue weighted by Crippen LogP contribution is -2.51. The Labute approximate surface area is 197 Å². The summed E-state index contributed by atoms with van der Waals surface area (Å²) < 4.78 is 17.2. The fourth-order valence-electron chi connectivity index (χ4n) is 5.42. The molecule has 3 aliphatic carbocycles. The van der Waals surface area contributed by atoms with E-state index < -0.39 is 23.7 Å². The van der Waals surface area contributed by atoms with Gasteiger partial charge in [0.2, 0.25) is 5.82 Å². The molecule has 3 N–H and O–H groups in total. The van der Waals surface area contributed by atoms with Crippen molar-refractivity contribution < 1.29 is 14.3 Å². The van der Waals surface area contributed by atoms with Crippen molar-refractivity contribution in [1.82, 2.24) is 34.5 Å². The highest BCUT2D eigenvalue weighted by atomic mass is 35.5. The minimum absolute atomic E-state index is 0.0119. The monoisotopic (exact) mass is 482 g/mol. The van der Waals surface area contributed by atoms with E-state index in [4.69, 9.17) is 11.6 Å². The number of halogens is 2. The third-order valence-electron chi connectivity index (χ3n) is 6.98. The number of aromatic amines is 1.